The van der Waals surface area contributed by atoms with Crippen molar-refractivity contribution in [3.05, 3.63) is 53.9 Å². The quantitative estimate of drug-likeness (QED) is 0.752. The molecule has 0 aliphatic rings. The number of aryl methyl sites for hydroxylation is 2. The van der Waals surface area contributed by atoms with Crippen LogP contribution in [0.2, 0.25) is 0 Å². The van der Waals surface area contributed by atoms with E-state index >= 15 is 0 Å². The first-order valence-corrected chi connectivity index (χ1v) is 8.95. The summed E-state index contributed by atoms with van der Waals surface area (Å²) in [6, 6.07) is 11.6. The summed E-state index contributed by atoms with van der Waals surface area (Å²) in [6.45, 7) is 3.40. The van der Waals surface area contributed by atoms with E-state index in [0.717, 1.165) is 0 Å². The molecule has 0 saturated heterocycles. The SMILES string of the molecule is COc1ccc(NS(=O)(=O)c2cc(-c3noc(C)n3)ccc2C)cc1. The molecule has 0 amide bonds. The molecule has 1 aromatic heterocycles. The normalized spacial score (nSPS) is 11.3. The third-order valence-electron chi connectivity index (χ3n) is 3.61. The minimum atomic E-state index is -3.76. The number of hydrogen-bond donors (Lipinski definition) is 1. The van der Waals surface area contributed by atoms with Gasteiger partial charge in [0.25, 0.3) is 10.0 Å². The molecule has 3 aromatic rings. The second-order valence-corrected chi connectivity index (χ2v) is 7.10. The van der Waals surface area contributed by atoms with Crippen molar-refractivity contribution in [2.45, 2.75) is 18.7 Å². The topological polar surface area (TPSA) is 94.3 Å². The molecule has 8 heteroatoms. The smallest absolute Gasteiger partial charge is 0.262 e. The van der Waals surface area contributed by atoms with E-state index < -0.39 is 10.0 Å². The maximum atomic E-state index is 12.8. The summed E-state index contributed by atoms with van der Waals surface area (Å²) >= 11 is 0. The number of methoxy groups -OCH3 is 1. The van der Waals surface area contributed by atoms with Gasteiger partial charge in [0.05, 0.1) is 12.0 Å². The zero-order valence-electron chi connectivity index (χ0n) is 14.0. The predicted octanol–water partition coefficient (Wildman–Crippen LogP) is 3.16. The van der Waals surface area contributed by atoms with Gasteiger partial charge in [-0.2, -0.15) is 4.98 Å². The fourth-order valence-electron chi connectivity index (χ4n) is 2.31. The molecule has 25 heavy (non-hydrogen) atoms. The fraction of sp³-hybridized carbons (Fsp3) is 0.176. The van der Waals surface area contributed by atoms with Crippen molar-refractivity contribution < 1.29 is 17.7 Å². The Balaban J connectivity index is 1.95. The van der Waals surface area contributed by atoms with Crippen LogP contribution in [0.3, 0.4) is 0 Å². The van der Waals surface area contributed by atoms with Gasteiger partial charge in [-0.3, -0.25) is 4.72 Å². The van der Waals surface area contributed by atoms with Crippen molar-refractivity contribution in [3.8, 4) is 17.1 Å². The molecule has 0 atom stereocenters. The van der Waals surface area contributed by atoms with Gasteiger partial charge in [0.2, 0.25) is 11.7 Å². The van der Waals surface area contributed by atoms with E-state index in [0.29, 0.717) is 34.3 Å². The first-order valence-electron chi connectivity index (χ1n) is 7.47. The van der Waals surface area contributed by atoms with Gasteiger partial charge in [0.15, 0.2) is 0 Å². The monoisotopic (exact) mass is 359 g/mol. The number of ether oxygens (including phenoxy) is 1. The second-order valence-electron chi connectivity index (χ2n) is 5.45. The molecule has 1 heterocycles. The molecule has 130 valence electrons. The zero-order valence-corrected chi connectivity index (χ0v) is 14.8. The van der Waals surface area contributed by atoms with Crippen LogP contribution in [0.4, 0.5) is 5.69 Å². The van der Waals surface area contributed by atoms with Gasteiger partial charge >= 0.3 is 0 Å². The molecule has 0 radical (unpaired) electrons. The Morgan fingerprint density at radius 1 is 1.08 bits per heavy atom. The van der Waals surface area contributed by atoms with E-state index in [1.807, 2.05) is 0 Å². The highest BCUT2D eigenvalue weighted by Crippen LogP contribution is 2.25. The van der Waals surface area contributed by atoms with Crippen LogP contribution in [0.15, 0.2) is 51.9 Å². The Labute approximate surface area is 145 Å². The van der Waals surface area contributed by atoms with E-state index in [1.165, 1.54) is 6.07 Å². The molecular formula is C17H17N3O4S. The van der Waals surface area contributed by atoms with E-state index in [-0.39, 0.29) is 4.90 Å². The Morgan fingerprint density at radius 2 is 1.80 bits per heavy atom. The Kier molecular flexibility index (Phi) is 4.45. The molecule has 0 unspecified atom stereocenters. The number of hydrogen-bond acceptors (Lipinski definition) is 6. The number of rotatable bonds is 5. The van der Waals surface area contributed by atoms with Crippen molar-refractivity contribution in [1.29, 1.82) is 0 Å². The summed E-state index contributed by atoms with van der Waals surface area (Å²) in [5.41, 5.74) is 1.63. The molecule has 0 spiro atoms. The van der Waals surface area contributed by atoms with Gasteiger partial charge < -0.3 is 9.26 Å². The minimum absolute atomic E-state index is 0.156. The van der Waals surface area contributed by atoms with Crippen LogP contribution in [0, 0.1) is 13.8 Å². The second kappa shape index (κ2) is 6.56. The average Bonchev–Trinajstić information content (AvgIpc) is 3.02. The first-order chi connectivity index (χ1) is 11.9. The van der Waals surface area contributed by atoms with Crippen molar-refractivity contribution >= 4 is 15.7 Å². The Hall–Kier alpha value is -2.87. The highest BCUT2D eigenvalue weighted by atomic mass is 32.2. The van der Waals surface area contributed by atoms with Crippen LogP contribution in [0.1, 0.15) is 11.5 Å². The lowest BCUT2D eigenvalue weighted by Gasteiger charge is -2.11. The van der Waals surface area contributed by atoms with Crippen LogP contribution in [0.5, 0.6) is 5.75 Å². The lowest BCUT2D eigenvalue weighted by Crippen LogP contribution is -2.14. The molecule has 0 fully saturated rings. The molecule has 1 N–H and O–H groups in total. The Bertz CT molecular complexity index is 995. The summed E-state index contributed by atoms with van der Waals surface area (Å²) < 4.78 is 38.1. The first kappa shape index (κ1) is 17.0. The van der Waals surface area contributed by atoms with Gasteiger partial charge in [0.1, 0.15) is 5.75 Å². The summed E-state index contributed by atoms with van der Waals surface area (Å²) in [6.07, 6.45) is 0. The summed E-state index contributed by atoms with van der Waals surface area (Å²) in [4.78, 5) is 4.29. The molecule has 0 aliphatic heterocycles. The van der Waals surface area contributed by atoms with E-state index in [2.05, 4.69) is 14.9 Å². The third-order valence-corrected chi connectivity index (χ3v) is 5.13. The molecule has 0 aliphatic carbocycles. The van der Waals surface area contributed by atoms with E-state index in [9.17, 15) is 8.42 Å². The van der Waals surface area contributed by atoms with Crippen molar-refractivity contribution in [2.75, 3.05) is 11.8 Å². The number of anilines is 1. The summed E-state index contributed by atoms with van der Waals surface area (Å²) in [7, 11) is -2.21. The molecular weight excluding hydrogens is 342 g/mol. The molecule has 7 nitrogen and oxygen atoms in total. The van der Waals surface area contributed by atoms with Crippen molar-refractivity contribution in [1.82, 2.24) is 10.1 Å². The van der Waals surface area contributed by atoms with Gasteiger partial charge in [-0.25, -0.2) is 8.42 Å². The van der Waals surface area contributed by atoms with E-state index in [4.69, 9.17) is 9.26 Å². The summed E-state index contributed by atoms with van der Waals surface area (Å²) in [5.74, 6) is 1.41. The summed E-state index contributed by atoms with van der Waals surface area (Å²) in [5, 5.41) is 3.83. The van der Waals surface area contributed by atoms with Gasteiger partial charge in [-0.1, -0.05) is 17.3 Å². The number of benzene rings is 2. The molecule has 0 saturated carbocycles. The van der Waals surface area contributed by atoms with Gasteiger partial charge in [-0.05, 0) is 42.8 Å². The standard InChI is InChI=1S/C17H17N3O4S/c1-11-4-5-13(17-18-12(2)24-19-17)10-16(11)25(21,22)20-14-6-8-15(23-3)9-7-14/h4-10,20H,1-3H3. The lowest BCUT2D eigenvalue weighted by atomic mass is 10.1. The maximum absolute atomic E-state index is 12.8. The molecule has 2 aromatic carbocycles. The van der Waals surface area contributed by atoms with Gasteiger partial charge in [0, 0.05) is 18.2 Å². The predicted molar refractivity (Wildman–Crippen MR) is 93.0 cm³/mol. The van der Waals surface area contributed by atoms with Crippen molar-refractivity contribution in [3.63, 3.8) is 0 Å². The maximum Gasteiger partial charge on any atom is 0.262 e. The van der Waals surface area contributed by atoms with Crippen LogP contribution in [0.25, 0.3) is 11.4 Å². The number of sulfonamides is 1. The number of nitrogens with one attached hydrogen (secondary N) is 1. The number of aromatic nitrogens is 2. The highest BCUT2D eigenvalue weighted by molar-refractivity contribution is 7.92. The van der Waals surface area contributed by atoms with Crippen LogP contribution >= 0.6 is 0 Å². The Morgan fingerprint density at radius 3 is 2.40 bits per heavy atom. The largest absolute Gasteiger partial charge is 0.497 e. The molecule has 0 bridgehead atoms. The van der Waals surface area contributed by atoms with Crippen LogP contribution in [-0.2, 0) is 10.0 Å². The minimum Gasteiger partial charge on any atom is -0.497 e. The highest BCUT2D eigenvalue weighted by Gasteiger charge is 2.19. The van der Waals surface area contributed by atoms with E-state index in [1.54, 1.807) is 57.4 Å². The van der Waals surface area contributed by atoms with Crippen molar-refractivity contribution in [2.24, 2.45) is 0 Å². The average molecular weight is 359 g/mol. The van der Waals surface area contributed by atoms with Gasteiger partial charge in [-0.15, -0.1) is 0 Å². The lowest BCUT2D eigenvalue weighted by molar-refractivity contribution is 0.394. The van der Waals surface area contributed by atoms with Crippen LogP contribution < -0.4 is 9.46 Å². The third kappa shape index (κ3) is 3.63. The number of nitrogens with zero attached hydrogens (tertiary/aromatic N) is 2. The van der Waals surface area contributed by atoms with Crippen LogP contribution in [-0.4, -0.2) is 25.7 Å². The molecule has 3 rings (SSSR count). The fourth-order valence-corrected chi connectivity index (χ4v) is 3.64. The zero-order chi connectivity index (χ0) is 18.0.